The zero-order valence-corrected chi connectivity index (χ0v) is 6.32. The maximum absolute atomic E-state index is 10.7. The Hall–Kier alpha value is -1.64. The summed E-state index contributed by atoms with van der Waals surface area (Å²) in [5, 5.41) is 0. The summed E-state index contributed by atoms with van der Waals surface area (Å²) in [5.41, 5.74) is 0.310. The molecule has 12 heavy (non-hydrogen) atoms. The van der Waals surface area contributed by atoms with Crippen molar-refractivity contribution >= 4 is 12.3 Å². The lowest BCUT2D eigenvalue weighted by Gasteiger charge is -2.01. The topological polar surface area (TPSA) is 43.4 Å². The molecule has 0 aromatic heterocycles. The Kier molecular flexibility index (Phi) is 2.15. The maximum atomic E-state index is 10.7. The normalized spacial score (nSPS) is 10.2. The zero-order valence-electron chi connectivity index (χ0n) is 7.32. The van der Waals surface area contributed by atoms with Crippen molar-refractivity contribution in [1.29, 1.82) is 0 Å². The number of para-hydroxylation sites is 1. The Morgan fingerprint density at radius 1 is 1.58 bits per heavy atom. The number of carbonyl (C=O) groups excluding carboxylic acids is 2. The average molecular weight is 165 g/mol. The highest BCUT2D eigenvalue weighted by atomic mass is 16.5. The van der Waals surface area contributed by atoms with Crippen molar-refractivity contribution in [3.05, 3.63) is 29.8 Å². The van der Waals surface area contributed by atoms with E-state index in [1.807, 2.05) is 0 Å². The number of carbonyl (C=O) groups is 2. The molecule has 0 N–H and O–H groups in total. The number of ether oxygens (including phenoxy) is 1. The fourth-order valence-corrected chi connectivity index (χ4v) is 0.793. The van der Waals surface area contributed by atoms with Gasteiger partial charge in [0.05, 0.1) is 5.56 Å². The molecule has 0 aliphatic rings. The second-order valence-electron chi connectivity index (χ2n) is 2.13. The van der Waals surface area contributed by atoms with Crippen molar-refractivity contribution in [3.63, 3.8) is 0 Å². The third-order valence-electron chi connectivity index (χ3n) is 1.27. The summed E-state index contributed by atoms with van der Waals surface area (Å²) in [7, 11) is 0. The van der Waals surface area contributed by atoms with Gasteiger partial charge in [-0.1, -0.05) is 12.1 Å². The predicted molar refractivity (Wildman–Crippen MR) is 43.1 cm³/mol. The van der Waals surface area contributed by atoms with Crippen LogP contribution in [0, 0.1) is 0 Å². The predicted octanol–water partition coefficient (Wildman–Crippen LogP) is 1.42. The standard InChI is InChI=1S/C9H8O3/c1-7(11)12-9-5-3-2-4-8(9)6-10/h2-6H,1H3/i1D. The summed E-state index contributed by atoms with van der Waals surface area (Å²) >= 11 is 0. The van der Waals surface area contributed by atoms with Crippen LogP contribution in [0.15, 0.2) is 24.3 Å². The van der Waals surface area contributed by atoms with Crippen molar-refractivity contribution in [2.75, 3.05) is 0 Å². The number of rotatable bonds is 2. The molecular weight excluding hydrogens is 156 g/mol. The molecule has 0 bridgehead atoms. The molecular formula is C9H8O3. The number of hydrogen-bond donors (Lipinski definition) is 0. The lowest BCUT2D eigenvalue weighted by atomic mass is 10.2. The number of esters is 1. The van der Waals surface area contributed by atoms with E-state index in [2.05, 4.69) is 0 Å². The second kappa shape index (κ2) is 3.67. The Balaban J connectivity index is 2.87. The molecule has 0 radical (unpaired) electrons. The molecule has 1 aromatic rings. The van der Waals surface area contributed by atoms with Gasteiger partial charge in [-0.05, 0) is 12.1 Å². The van der Waals surface area contributed by atoms with Crippen LogP contribution >= 0.6 is 0 Å². The molecule has 62 valence electrons. The second-order valence-corrected chi connectivity index (χ2v) is 2.13. The molecule has 0 aliphatic heterocycles. The lowest BCUT2D eigenvalue weighted by Crippen LogP contribution is -2.03. The highest BCUT2D eigenvalue weighted by Gasteiger charge is 2.02. The van der Waals surface area contributed by atoms with Crippen LogP contribution in [0.4, 0.5) is 0 Å². The van der Waals surface area contributed by atoms with Gasteiger partial charge in [-0.2, -0.15) is 0 Å². The van der Waals surface area contributed by atoms with E-state index in [4.69, 9.17) is 6.11 Å². The summed E-state index contributed by atoms with van der Waals surface area (Å²) in [6, 6.07) is 6.37. The number of hydrogen-bond acceptors (Lipinski definition) is 3. The highest BCUT2D eigenvalue weighted by molar-refractivity contribution is 5.81. The van der Waals surface area contributed by atoms with Crippen molar-refractivity contribution in [1.82, 2.24) is 0 Å². The highest BCUT2D eigenvalue weighted by Crippen LogP contribution is 2.15. The molecule has 0 unspecified atom stereocenters. The van der Waals surface area contributed by atoms with Crippen LogP contribution < -0.4 is 4.74 Å². The minimum absolute atomic E-state index is 0.203. The van der Waals surface area contributed by atoms with E-state index in [0.717, 1.165) is 0 Å². The Morgan fingerprint density at radius 3 is 3.00 bits per heavy atom. The van der Waals surface area contributed by atoms with Gasteiger partial charge in [0.25, 0.3) is 0 Å². The number of aldehydes is 1. The summed E-state index contributed by atoms with van der Waals surface area (Å²) in [6.45, 7) is -0.451. The van der Waals surface area contributed by atoms with Gasteiger partial charge in [0.15, 0.2) is 6.29 Å². The van der Waals surface area contributed by atoms with Gasteiger partial charge in [0, 0.05) is 8.27 Å². The van der Waals surface area contributed by atoms with E-state index >= 15 is 0 Å². The molecule has 3 heteroatoms. The lowest BCUT2D eigenvalue weighted by molar-refractivity contribution is -0.131. The van der Waals surface area contributed by atoms with E-state index < -0.39 is 12.9 Å². The summed E-state index contributed by atoms with van der Waals surface area (Å²) < 4.78 is 11.5. The molecule has 0 amide bonds. The first-order valence-corrected chi connectivity index (χ1v) is 3.32. The largest absolute Gasteiger partial charge is 0.426 e. The van der Waals surface area contributed by atoms with Gasteiger partial charge in [-0.25, -0.2) is 0 Å². The first kappa shape index (κ1) is 7.03. The minimum atomic E-state index is -0.672. The SMILES string of the molecule is [2H]CC(=O)Oc1ccccc1C=O. The average Bonchev–Trinajstić information content (AvgIpc) is 2.18. The minimum Gasteiger partial charge on any atom is -0.426 e. The van der Waals surface area contributed by atoms with E-state index in [1.165, 1.54) is 6.07 Å². The molecule has 0 atom stereocenters. The van der Waals surface area contributed by atoms with Crippen LogP contribution in [0.2, 0.25) is 0 Å². The van der Waals surface area contributed by atoms with Gasteiger partial charge in [-0.15, -0.1) is 0 Å². The first-order chi connectivity index (χ1) is 6.27. The third kappa shape index (κ3) is 1.92. The van der Waals surface area contributed by atoms with Crippen LogP contribution in [0.3, 0.4) is 0 Å². The van der Waals surface area contributed by atoms with Gasteiger partial charge in [-0.3, -0.25) is 9.59 Å². The van der Waals surface area contributed by atoms with Crippen LogP contribution in [-0.2, 0) is 4.79 Å². The summed E-state index contributed by atoms with van der Waals surface area (Å²) in [5.74, 6) is -0.468. The van der Waals surface area contributed by atoms with Crippen molar-refractivity contribution in [2.45, 2.75) is 6.90 Å². The molecule has 0 aliphatic carbocycles. The first-order valence-electron chi connectivity index (χ1n) is 4.02. The van der Waals surface area contributed by atoms with Gasteiger partial charge < -0.3 is 4.74 Å². The van der Waals surface area contributed by atoms with Gasteiger partial charge >= 0.3 is 5.97 Å². The van der Waals surface area contributed by atoms with Crippen molar-refractivity contribution < 1.29 is 15.7 Å². The van der Waals surface area contributed by atoms with Crippen LogP contribution in [-0.4, -0.2) is 12.3 Å². The Labute approximate surface area is 71.4 Å². The molecule has 0 saturated carbocycles. The van der Waals surface area contributed by atoms with E-state index in [0.29, 0.717) is 11.8 Å². The fourth-order valence-electron chi connectivity index (χ4n) is 0.793. The van der Waals surface area contributed by atoms with Crippen LogP contribution in [0.5, 0.6) is 5.75 Å². The quantitative estimate of drug-likeness (QED) is 0.378. The monoisotopic (exact) mass is 165 g/mol. The smallest absolute Gasteiger partial charge is 0.308 e. The van der Waals surface area contributed by atoms with E-state index in [1.54, 1.807) is 18.2 Å². The van der Waals surface area contributed by atoms with Crippen LogP contribution in [0.25, 0.3) is 0 Å². The van der Waals surface area contributed by atoms with Crippen molar-refractivity contribution in [2.24, 2.45) is 0 Å². The maximum Gasteiger partial charge on any atom is 0.308 e. The van der Waals surface area contributed by atoms with Crippen LogP contribution in [0.1, 0.15) is 18.6 Å². The Morgan fingerprint density at radius 2 is 2.33 bits per heavy atom. The fraction of sp³-hybridized carbons (Fsp3) is 0.111. The molecule has 0 fully saturated rings. The molecule has 1 aromatic carbocycles. The number of benzene rings is 1. The van der Waals surface area contributed by atoms with Gasteiger partial charge in [0.1, 0.15) is 5.75 Å². The summed E-state index contributed by atoms with van der Waals surface area (Å²) in [4.78, 5) is 21.2. The molecule has 0 heterocycles. The van der Waals surface area contributed by atoms with E-state index in [-0.39, 0.29) is 5.75 Å². The molecule has 0 saturated heterocycles. The van der Waals surface area contributed by atoms with E-state index in [9.17, 15) is 9.59 Å². The molecule has 0 spiro atoms. The molecule has 1 rings (SSSR count). The third-order valence-corrected chi connectivity index (χ3v) is 1.27. The summed E-state index contributed by atoms with van der Waals surface area (Å²) in [6.07, 6.45) is 0.604. The van der Waals surface area contributed by atoms with Crippen molar-refractivity contribution in [3.8, 4) is 5.75 Å². The molecule has 3 nitrogen and oxygen atoms in total. The zero-order chi connectivity index (χ0) is 9.68. The van der Waals surface area contributed by atoms with Gasteiger partial charge in [0.2, 0.25) is 0 Å². The Bertz CT molecular complexity index is 322.